The molecule has 0 radical (unpaired) electrons. The van der Waals surface area contributed by atoms with Crippen molar-refractivity contribution in [2.24, 2.45) is 5.73 Å². The fourth-order valence-electron chi connectivity index (χ4n) is 1.86. The van der Waals surface area contributed by atoms with E-state index in [1.165, 1.54) is 6.08 Å². The van der Waals surface area contributed by atoms with E-state index in [0.717, 1.165) is 15.6 Å². The molecule has 4 nitrogen and oxygen atoms in total. The molecule has 0 heterocycles. The van der Waals surface area contributed by atoms with Crippen molar-refractivity contribution in [1.82, 2.24) is 0 Å². The van der Waals surface area contributed by atoms with Crippen LogP contribution >= 0.6 is 15.9 Å². The Morgan fingerprint density at radius 1 is 1.23 bits per heavy atom. The van der Waals surface area contributed by atoms with Crippen LogP contribution in [-0.4, -0.2) is 13.0 Å². The van der Waals surface area contributed by atoms with Crippen molar-refractivity contribution in [2.45, 2.75) is 6.61 Å². The number of halogens is 1. The average Bonchev–Trinajstić information content (AvgIpc) is 2.52. The second-order valence-electron chi connectivity index (χ2n) is 4.53. The van der Waals surface area contributed by atoms with Crippen molar-refractivity contribution in [1.29, 1.82) is 0 Å². The molecule has 0 aliphatic heterocycles. The minimum atomic E-state index is -0.504. The smallest absolute Gasteiger partial charge is 0.241 e. The first kappa shape index (κ1) is 16.1. The second-order valence-corrected chi connectivity index (χ2v) is 5.39. The van der Waals surface area contributed by atoms with Gasteiger partial charge in [0.15, 0.2) is 11.5 Å². The van der Waals surface area contributed by atoms with E-state index in [0.29, 0.717) is 18.1 Å². The number of nitrogens with two attached hydrogens (primary N) is 1. The molecule has 0 saturated carbocycles. The lowest BCUT2D eigenvalue weighted by molar-refractivity contribution is -0.113. The molecule has 0 spiro atoms. The Kier molecular flexibility index (Phi) is 5.61. The number of benzene rings is 2. The van der Waals surface area contributed by atoms with Crippen LogP contribution in [0.1, 0.15) is 11.1 Å². The van der Waals surface area contributed by atoms with Gasteiger partial charge in [-0.15, -0.1) is 0 Å². The minimum absolute atomic E-state index is 0.445. The molecule has 0 atom stereocenters. The van der Waals surface area contributed by atoms with Crippen LogP contribution in [-0.2, 0) is 11.4 Å². The molecule has 0 aliphatic carbocycles. The van der Waals surface area contributed by atoms with Crippen LogP contribution in [0.3, 0.4) is 0 Å². The quantitative estimate of drug-likeness (QED) is 0.800. The number of methoxy groups -OCH3 is 1. The van der Waals surface area contributed by atoms with Gasteiger partial charge in [0.25, 0.3) is 0 Å². The number of primary amides is 1. The van der Waals surface area contributed by atoms with E-state index in [4.69, 9.17) is 15.2 Å². The maximum atomic E-state index is 10.8. The first-order chi connectivity index (χ1) is 10.6. The predicted octanol–water partition coefficient (Wildman–Crippen LogP) is 3.54. The van der Waals surface area contributed by atoms with E-state index < -0.39 is 5.91 Å². The molecule has 114 valence electrons. The summed E-state index contributed by atoms with van der Waals surface area (Å²) in [7, 11) is 1.57. The molecule has 0 unspecified atom stereocenters. The first-order valence-corrected chi connectivity index (χ1v) is 7.41. The molecule has 1 amide bonds. The van der Waals surface area contributed by atoms with Crippen LogP contribution in [0.25, 0.3) is 6.08 Å². The number of hydrogen-bond acceptors (Lipinski definition) is 3. The summed E-state index contributed by atoms with van der Waals surface area (Å²) in [6.45, 7) is 0.445. The van der Waals surface area contributed by atoms with Gasteiger partial charge in [-0.3, -0.25) is 4.79 Å². The van der Waals surface area contributed by atoms with Gasteiger partial charge in [-0.25, -0.2) is 0 Å². The van der Waals surface area contributed by atoms with Crippen LogP contribution < -0.4 is 15.2 Å². The Hall–Kier alpha value is -2.27. The molecule has 0 aliphatic rings. The monoisotopic (exact) mass is 361 g/mol. The molecular weight excluding hydrogens is 346 g/mol. The maximum absolute atomic E-state index is 10.8. The van der Waals surface area contributed by atoms with Crippen LogP contribution in [0.4, 0.5) is 0 Å². The fraction of sp³-hybridized carbons (Fsp3) is 0.118. The molecule has 2 aromatic carbocycles. The summed E-state index contributed by atoms with van der Waals surface area (Å²) in [4.78, 5) is 10.8. The molecule has 0 fully saturated rings. The molecule has 2 aromatic rings. The van der Waals surface area contributed by atoms with E-state index in [9.17, 15) is 4.79 Å². The van der Waals surface area contributed by atoms with Crippen molar-refractivity contribution in [3.8, 4) is 11.5 Å². The summed E-state index contributed by atoms with van der Waals surface area (Å²) in [5.41, 5.74) is 6.95. The minimum Gasteiger partial charge on any atom is -0.493 e. The van der Waals surface area contributed by atoms with Gasteiger partial charge in [0.1, 0.15) is 6.61 Å². The van der Waals surface area contributed by atoms with Gasteiger partial charge >= 0.3 is 0 Å². The standard InChI is InChI=1S/C17H16BrNO3/c1-21-15-9-13(7-8-17(19)20)14(18)10-16(15)22-11-12-5-3-2-4-6-12/h2-10H,11H2,1H3,(H2,19,20)/b8-7+. The summed E-state index contributed by atoms with van der Waals surface area (Å²) in [5, 5.41) is 0. The summed E-state index contributed by atoms with van der Waals surface area (Å²) in [6, 6.07) is 13.5. The zero-order chi connectivity index (χ0) is 15.9. The summed E-state index contributed by atoms with van der Waals surface area (Å²) >= 11 is 3.45. The van der Waals surface area contributed by atoms with Crippen molar-refractivity contribution in [2.75, 3.05) is 7.11 Å². The second kappa shape index (κ2) is 7.66. The zero-order valence-corrected chi connectivity index (χ0v) is 13.7. The van der Waals surface area contributed by atoms with E-state index in [2.05, 4.69) is 15.9 Å². The predicted molar refractivity (Wildman–Crippen MR) is 89.7 cm³/mol. The van der Waals surface area contributed by atoms with Gasteiger partial charge in [-0.05, 0) is 29.3 Å². The zero-order valence-electron chi connectivity index (χ0n) is 12.1. The highest BCUT2D eigenvalue weighted by Crippen LogP contribution is 2.34. The van der Waals surface area contributed by atoms with Gasteiger partial charge in [0, 0.05) is 10.5 Å². The highest BCUT2D eigenvalue weighted by molar-refractivity contribution is 9.10. The lowest BCUT2D eigenvalue weighted by Gasteiger charge is -2.13. The fourth-order valence-corrected chi connectivity index (χ4v) is 2.31. The Morgan fingerprint density at radius 2 is 1.95 bits per heavy atom. The summed E-state index contributed by atoms with van der Waals surface area (Å²) in [5.74, 6) is 0.702. The largest absolute Gasteiger partial charge is 0.493 e. The van der Waals surface area contributed by atoms with Crippen LogP contribution in [0.15, 0.2) is 53.0 Å². The normalized spacial score (nSPS) is 10.6. The van der Waals surface area contributed by atoms with Crippen LogP contribution in [0.2, 0.25) is 0 Å². The Morgan fingerprint density at radius 3 is 2.59 bits per heavy atom. The molecule has 22 heavy (non-hydrogen) atoms. The third kappa shape index (κ3) is 4.36. The van der Waals surface area contributed by atoms with Gasteiger partial charge < -0.3 is 15.2 Å². The molecule has 0 bridgehead atoms. The number of amides is 1. The van der Waals surface area contributed by atoms with Crippen LogP contribution in [0.5, 0.6) is 11.5 Å². The van der Waals surface area contributed by atoms with E-state index in [1.54, 1.807) is 19.3 Å². The summed E-state index contributed by atoms with van der Waals surface area (Å²) in [6.07, 6.45) is 2.92. The average molecular weight is 362 g/mol. The van der Waals surface area contributed by atoms with Crippen molar-refractivity contribution in [3.63, 3.8) is 0 Å². The first-order valence-electron chi connectivity index (χ1n) is 6.62. The van der Waals surface area contributed by atoms with E-state index >= 15 is 0 Å². The third-order valence-electron chi connectivity index (χ3n) is 2.95. The Balaban J connectivity index is 2.21. The van der Waals surface area contributed by atoms with Crippen molar-refractivity contribution >= 4 is 27.9 Å². The molecule has 2 N–H and O–H groups in total. The highest BCUT2D eigenvalue weighted by Gasteiger charge is 2.09. The number of ether oxygens (including phenoxy) is 2. The lowest BCUT2D eigenvalue weighted by Crippen LogP contribution is -2.05. The van der Waals surface area contributed by atoms with E-state index in [1.807, 2.05) is 36.4 Å². The topological polar surface area (TPSA) is 61.5 Å². The third-order valence-corrected chi connectivity index (χ3v) is 3.63. The molecule has 2 rings (SSSR count). The number of carbonyl (C=O) groups is 1. The number of rotatable bonds is 6. The summed E-state index contributed by atoms with van der Waals surface area (Å²) < 4.78 is 11.9. The number of carbonyl (C=O) groups excluding carboxylic acids is 1. The maximum Gasteiger partial charge on any atom is 0.241 e. The van der Waals surface area contributed by atoms with Gasteiger partial charge in [-0.1, -0.05) is 46.3 Å². The molecule has 0 saturated heterocycles. The Labute approximate surface area is 137 Å². The molecular formula is C17H16BrNO3. The van der Waals surface area contributed by atoms with Gasteiger partial charge in [0.05, 0.1) is 7.11 Å². The molecule has 0 aromatic heterocycles. The molecule has 5 heteroatoms. The van der Waals surface area contributed by atoms with E-state index in [-0.39, 0.29) is 0 Å². The van der Waals surface area contributed by atoms with Gasteiger partial charge in [-0.2, -0.15) is 0 Å². The lowest BCUT2D eigenvalue weighted by atomic mass is 10.2. The van der Waals surface area contributed by atoms with Crippen molar-refractivity contribution < 1.29 is 14.3 Å². The number of hydrogen-bond donors (Lipinski definition) is 1. The highest BCUT2D eigenvalue weighted by atomic mass is 79.9. The van der Waals surface area contributed by atoms with Crippen molar-refractivity contribution in [3.05, 3.63) is 64.1 Å². The van der Waals surface area contributed by atoms with Crippen LogP contribution in [0, 0.1) is 0 Å². The van der Waals surface area contributed by atoms with Gasteiger partial charge in [0.2, 0.25) is 5.91 Å². The Bertz CT molecular complexity index is 684. The SMILES string of the molecule is COc1cc(/C=C/C(N)=O)c(Br)cc1OCc1ccccc1.